The van der Waals surface area contributed by atoms with Gasteiger partial charge in [0.05, 0.1) is 14.4 Å². The van der Waals surface area contributed by atoms with Gasteiger partial charge in [-0.1, -0.05) is 13.8 Å². The molecule has 0 bridgehead atoms. The molecule has 0 saturated heterocycles. The maximum atomic E-state index is 12.6. The van der Waals surface area contributed by atoms with Crippen LogP contribution in [0, 0.1) is 0 Å². The minimum atomic E-state index is -3.66. The van der Waals surface area contributed by atoms with Gasteiger partial charge in [-0.15, -0.1) is 11.3 Å². The SMILES string of the molecule is CCN(CC)S(=O)(=O)c1ccc(O)c(NC(=O)CCCc2ccc(Br)s2)c1. The largest absolute Gasteiger partial charge is 0.506 e. The summed E-state index contributed by atoms with van der Waals surface area (Å²) in [7, 11) is -3.66. The van der Waals surface area contributed by atoms with Crippen molar-refractivity contribution < 1.29 is 18.3 Å². The summed E-state index contributed by atoms with van der Waals surface area (Å²) < 4.78 is 27.6. The molecule has 0 atom stereocenters. The number of sulfonamides is 1. The molecule has 2 N–H and O–H groups in total. The van der Waals surface area contributed by atoms with Gasteiger partial charge in [0, 0.05) is 24.4 Å². The second-order valence-corrected chi connectivity index (χ2v) is 10.4. The molecule has 0 saturated carbocycles. The van der Waals surface area contributed by atoms with Crippen molar-refractivity contribution in [1.82, 2.24) is 4.31 Å². The Labute approximate surface area is 172 Å². The van der Waals surface area contributed by atoms with E-state index in [0.717, 1.165) is 10.2 Å². The molecule has 0 unspecified atom stereocenters. The van der Waals surface area contributed by atoms with Gasteiger partial charge in [0.1, 0.15) is 5.75 Å². The summed E-state index contributed by atoms with van der Waals surface area (Å²) in [6, 6.07) is 7.92. The van der Waals surface area contributed by atoms with Crippen LogP contribution in [0.1, 0.15) is 31.6 Å². The highest BCUT2D eigenvalue weighted by Crippen LogP contribution is 2.28. The van der Waals surface area contributed by atoms with E-state index in [0.29, 0.717) is 19.5 Å². The predicted molar refractivity (Wildman–Crippen MR) is 112 cm³/mol. The summed E-state index contributed by atoms with van der Waals surface area (Å²) in [5, 5.41) is 12.6. The molecule has 0 spiro atoms. The lowest BCUT2D eigenvalue weighted by Crippen LogP contribution is -2.30. The molecule has 0 aliphatic rings. The van der Waals surface area contributed by atoms with E-state index >= 15 is 0 Å². The monoisotopic (exact) mass is 474 g/mol. The lowest BCUT2D eigenvalue weighted by atomic mass is 10.2. The van der Waals surface area contributed by atoms with Crippen LogP contribution in [0.4, 0.5) is 5.69 Å². The van der Waals surface area contributed by atoms with Gasteiger partial charge in [-0.2, -0.15) is 4.31 Å². The fourth-order valence-corrected chi connectivity index (χ4v) is 5.62. The number of anilines is 1. The maximum Gasteiger partial charge on any atom is 0.243 e. The van der Waals surface area contributed by atoms with Crippen molar-refractivity contribution in [2.45, 2.75) is 38.0 Å². The molecule has 1 aromatic carbocycles. The van der Waals surface area contributed by atoms with Crippen molar-refractivity contribution in [2.75, 3.05) is 18.4 Å². The van der Waals surface area contributed by atoms with Crippen LogP contribution in [-0.4, -0.2) is 36.8 Å². The van der Waals surface area contributed by atoms with Gasteiger partial charge in [-0.05, 0) is 59.1 Å². The number of phenols is 1. The Morgan fingerprint density at radius 2 is 1.93 bits per heavy atom. The number of benzene rings is 1. The van der Waals surface area contributed by atoms with Crippen molar-refractivity contribution in [3.63, 3.8) is 0 Å². The maximum absolute atomic E-state index is 12.6. The number of carbonyl (C=O) groups is 1. The molecule has 2 rings (SSSR count). The normalized spacial score (nSPS) is 11.7. The summed E-state index contributed by atoms with van der Waals surface area (Å²) in [6.45, 7) is 4.22. The number of nitrogens with one attached hydrogen (secondary N) is 1. The van der Waals surface area contributed by atoms with Crippen molar-refractivity contribution in [3.05, 3.63) is 39.0 Å². The van der Waals surface area contributed by atoms with E-state index in [1.54, 1.807) is 25.2 Å². The van der Waals surface area contributed by atoms with Crippen molar-refractivity contribution >= 4 is 48.9 Å². The fourth-order valence-electron chi connectivity index (χ4n) is 2.61. The lowest BCUT2D eigenvalue weighted by molar-refractivity contribution is -0.116. The molecule has 1 amide bonds. The molecule has 6 nitrogen and oxygen atoms in total. The Morgan fingerprint density at radius 1 is 1.22 bits per heavy atom. The number of halogens is 1. The first-order chi connectivity index (χ1) is 12.8. The topological polar surface area (TPSA) is 86.7 Å². The molecule has 27 heavy (non-hydrogen) atoms. The molecule has 2 aromatic rings. The first-order valence-electron chi connectivity index (χ1n) is 8.65. The highest BCUT2D eigenvalue weighted by atomic mass is 79.9. The Hall–Kier alpha value is -1.42. The highest BCUT2D eigenvalue weighted by Gasteiger charge is 2.23. The lowest BCUT2D eigenvalue weighted by Gasteiger charge is -2.19. The van der Waals surface area contributed by atoms with Crippen molar-refractivity contribution in [3.8, 4) is 5.75 Å². The zero-order valence-electron chi connectivity index (χ0n) is 15.2. The van der Waals surface area contributed by atoms with Crippen molar-refractivity contribution in [1.29, 1.82) is 0 Å². The average Bonchev–Trinajstić information content (AvgIpc) is 3.02. The van der Waals surface area contributed by atoms with Crippen LogP contribution in [0.5, 0.6) is 5.75 Å². The quantitative estimate of drug-likeness (QED) is 0.532. The van der Waals surface area contributed by atoms with E-state index < -0.39 is 10.0 Å². The Balaban J connectivity index is 2.04. The number of amides is 1. The number of hydrogen-bond acceptors (Lipinski definition) is 5. The van der Waals surface area contributed by atoms with Crippen LogP contribution >= 0.6 is 27.3 Å². The Kier molecular flexibility index (Phi) is 7.84. The Morgan fingerprint density at radius 3 is 2.52 bits per heavy atom. The molecule has 0 aliphatic carbocycles. The van der Waals surface area contributed by atoms with E-state index in [4.69, 9.17) is 0 Å². The van der Waals surface area contributed by atoms with Gasteiger partial charge >= 0.3 is 0 Å². The average molecular weight is 475 g/mol. The number of hydrogen-bond donors (Lipinski definition) is 2. The third kappa shape index (κ3) is 5.78. The predicted octanol–water partition coefficient (Wildman–Crippen LogP) is 4.21. The summed E-state index contributed by atoms with van der Waals surface area (Å²) in [5.74, 6) is -0.428. The number of nitrogens with zero attached hydrogens (tertiary/aromatic N) is 1. The molecule has 1 heterocycles. The molecular formula is C18H23BrN2O4S2. The van der Waals surface area contributed by atoms with Crippen LogP contribution in [0.3, 0.4) is 0 Å². The zero-order chi connectivity index (χ0) is 20.0. The number of rotatable bonds is 9. The van der Waals surface area contributed by atoms with Crippen LogP contribution in [0.25, 0.3) is 0 Å². The first-order valence-corrected chi connectivity index (χ1v) is 11.7. The van der Waals surface area contributed by atoms with Crippen LogP contribution < -0.4 is 5.32 Å². The molecule has 148 valence electrons. The minimum Gasteiger partial charge on any atom is -0.506 e. The van der Waals surface area contributed by atoms with Gasteiger partial charge < -0.3 is 10.4 Å². The van der Waals surface area contributed by atoms with E-state index in [-0.39, 0.29) is 28.7 Å². The third-order valence-corrected chi connectivity index (χ3v) is 7.77. The van der Waals surface area contributed by atoms with Crippen molar-refractivity contribution in [2.24, 2.45) is 0 Å². The molecule has 0 aliphatic heterocycles. The van der Waals surface area contributed by atoms with Gasteiger partial charge in [0.2, 0.25) is 15.9 Å². The third-order valence-electron chi connectivity index (χ3n) is 4.04. The van der Waals surface area contributed by atoms with Gasteiger partial charge in [0.25, 0.3) is 0 Å². The standard InChI is InChI=1S/C18H23BrN2O4S2/c1-3-21(4-2)27(24,25)14-9-10-16(22)15(12-14)20-18(23)7-5-6-13-8-11-17(19)26-13/h8-12,22H,3-7H2,1-2H3,(H,20,23). The summed E-state index contributed by atoms with van der Waals surface area (Å²) >= 11 is 5.04. The number of phenolic OH excluding ortho intramolecular Hbond substituents is 1. The molecule has 0 radical (unpaired) electrons. The number of carbonyl (C=O) groups excluding carboxylic acids is 1. The van der Waals surface area contributed by atoms with E-state index in [1.807, 2.05) is 12.1 Å². The molecule has 9 heteroatoms. The summed E-state index contributed by atoms with van der Waals surface area (Å²) in [6.07, 6.45) is 1.73. The van der Waals surface area contributed by atoms with E-state index in [9.17, 15) is 18.3 Å². The fraction of sp³-hybridized carbons (Fsp3) is 0.389. The van der Waals surface area contributed by atoms with Gasteiger partial charge in [0.15, 0.2) is 0 Å². The first kappa shape index (κ1) is 21.9. The Bertz CT molecular complexity index is 893. The molecule has 0 fully saturated rings. The second-order valence-electron chi connectivity index (χ2n) is 5.88. The summed E-state index contributed by atoms with van der Waals surface area (Å²) in [4.78, 5) is 13.4. The number of thiophene rings is 1. The number of aryl methyl sites for hydroxylation is 1. The second kappa shape index (κ2) is 9.68. The van der Waals surface area contributed by atoms with E-state index in [2.05, 4.69) is 21.2 Å². The van der Waals surface area contributed by atoms with E-state index in [1.165, 1.54) is 27.4 Å². The zero-order valence-corrected chi connectivity index (χ0v) is 18.5. The minimum absolute atomic E-state index is 0.0442. The smallest absolute Gasteiger partial charge is 0.243 e. The summed E-state index contributed by atoms with van der Waals surface area (Å²) in [5.41, 5.74) is 0.104. The van der Waals surface area contributed by atoms with Gasteiger partial charge in [-0.3, -0.25) is 4.79 Å². The van der Waals surface area contributed by atoms with Crippen LogP contribution in [0.2, 0.25) is 0 Å². The van der Waals surface area contributed by atoms with Crippen LogP contribution in [-0.2, 0) is 21.2 Å². The molecule has 1 aromatic heterocycles. The van der Waals surface area contributed by atoms with Crippen LogP contribution in [0.15, 0.2) is 39.0 Å². The number of aromatic hydroxyl groups is 1. The van der Waals surface area contributed by atoms with Gasteiger partial charge in [-0.25, -0.2) is 8.42 Å². The highest BCUT2D eigenvalue weighted by molar-refractivity contribution is 9.11. The molecular weight excluding hydrogens is 452 g/mol.